The van der Waals surface area contributed by atoms with Crippen molar-refractivity contribution in [3.05, 3.63) is 70.3 Å². The van der Waals surface area contributed by atoms with Crippen molar-refractivity contribution in [2.45, 2.75) is 57.8 Å². The van der Waals surface area contributed by atoms with Crippen molar-refractivity contribution in [1.82, 2.24) is 10.2 Å². The SMILES string of the molecule is CCCN(CCC)C(=O)c1cc(C(N)=O)cc(C(=O)NC(Cc2cc(F)cc(F)c2)C(O)C(O)CCSC)c1. The minimum Gasteiger partial charge on any atom is -0.390 e. The number of thioether (sulfide) groups is 1. The van der Waals surface area contributed by atoms with Gasteiger partial charge in [0.05, 0.1) is 12.1 Å². The number of benzene rings is 2. The van der Waals surface area contributed by atoms with E-state index in [1.54, 1.807) is 4.90 Å². The molecule has 0 aliphatic rings. The molecule has 0 spiro atoms. The molecule has 2 rings (SSSR count). The van der Waals surface area contributed by atoms with Gasteiger partial charge in [0.1, 0.15) is 17.7 Å². The van der Waals surface area contributed by atoms with Gasteiger partial charge in [0.15, 0.2) is 0 Å². The largest absolute Gasteiger partial charge is 0.390 e. The average Bonchev–Trinajstić information content (AvgIpc) is 2.89. The molecular weight excluding hydrogens is 528 g/mol. The highest BCUT2D eigenvalue weighted by Gasteiger charge is 2.29. The monoisotopic (exact) mass is 565 g/mol. The van der Waals surface area contributed by atoms with E-state index in [4.69, 9.17) is 5.73 Å². The maximum atomic E-state index is 13.8. The average molecular weight is 566 g/mol. The van der Waals surface area contributed by atoms with Gasteiger partial charge in [-0.3, -0.25) is 14.4 Å². The summed E-state index contributed by atoms with van der Waals surface area (Å²) >= 11 is 1.46. The molecule has 11 heteroatoms. The highest BCUT2D eigenvalue weighted by atomic mass is 32.2. The first-order chi connectivity index (χ1) is 18.5. The van der Waals surface area contributed by atoms with Crippen LogP contribution in [0.2, 0.25) is 0 Å². The van der Waals surface area contributed by atoms with Crippen LogP contribution in [0.5, 0.6) is 0 Å². The van der Waals surface area contributed by atoms with Gasteiger partial charge in [0.25, 0.3) is 11.8 Å². The maximum Gasteiger partial charge on any atom is 0.253 e. The van der Waals surface area contributed by atoms with E-state index >= 15 is 0 Å². The molecular formula is C28H37F2N3O5S. The number of carbonyl (C=O) groups excluding carboxylic acids is 3. The van der Waals surface area contributed by atoms with Crippen molar-refractivity contribution in [1.29, 1.82) is 0 Å². The molecule has 0 saturated carbocycles. The Morgan fingerprint density at radius 3 is 2.05 bits per heavy atom. The first kappa shape index (κ1) is 32.2. The molecule has 2 aromatic rings. The molecule has 39 heavy (non-hydrogen) atoms. The lowest BCUT2D eigenvalue weighted by Crippen LogP contribution is -2.50. The van der Waals surface area contributed by atoms with Gasteiger partial charge in [-0.1, -0.05) is 13.8 Å². The molecule has 0 aromatic heterocycles. The van der Waals surface area contributed by atoms with E-state index in [-0.39, 0.29) is 41.0 Å². The second kappa shape index (κ2) is 15.5. The zero-order valence-corrected chi connectivity index (χ0v) is 23.3. The van der Waals surface area contributed by atoms with Gasteiger partial charge in [-0.05, 0) is 73.6 Å². The molecule has 2 aromatic carbocycles. The van der Waals surface area contributed by atoms with Crippen molar-refractivity contribution < 1.29 is 33.4 Å². The molecule has 3 amide bonds. The van der Waals surface area contributed by atoms with Gasteiger partial charge in [-0.25, -0.2) is 8.78 Å². The summed E-state index contributed by atoms with van der Waals surface area (Å²) in [4.78, 5) is 40.2. The number of aliphatic hydroxyl groups is 2. The van der Waals surface area contributed by atoms with Gasteiger partial charge < -0.3 is 26.2 Å². The van der Waals surface area contributed by atoms with Crippen LogP contribution in [0.3, 0.4) is 0 Å². The number of carbonyl (C=O) groups is 3. The van der Waals surface area contributed by atoms with Crippen LogP contribution in [0.1, 0.15) is 69.7 Å². The topological polar surface area (TPSA) is 133 Å². The Hall–Kier alpha value is -3.02. The zero-order valence-electron chi connectivity index (χ0n) is 22.5. The predicted molar refractivity (Wildman–Crippen MR) is 148 cm³/mol. The Labute approximate surface area is 232 Å². The van der Waals surface area contributed by atoms with Crippen LogP contribution in [0.25, 0.3) is 0 Å². The van der Waals surface area contributed by atoms with E-state index < -0.39 is 41.7 Å². The number of nitrogens with one attached hydrogen (secondary N) is 1. The number of rotatable bonds is 15. The van der Waals surface area contributed by atoms with Crippen LogP contribution in [0.4, 0.5) is 8.78 Å². The van der Waals surface area contributed by atoms with Gasteiger partial charge in [-0.2, -0.15) is 11.8 Å². The normalized spacial score (nSPS) is 13.4. The molecule has 214 valence electrons. The molecule has 8 nitrogen and oxygen atoms in total. The molecule has 5 N–H and O–H groups in total. The minimum atomic E-state index is -1.47. The number of hydrogen-bond donors (Lipinski definition) is 4. The van der Waals surface area contributed by atoms with E-state index in [9.17, 15) is 33.4 Å². The number of halogens is 2. The third-order valence-corrected chi connectivity index (χ3v) is 6.76. The first-order valence-corrected chi connectivity index (χ1v) is 14.2. The Bertz CT molecular complexity index is 1120. The summed E-state index contributed by atoms with van der Waals surface area (Å²) in [6.07, 6.45) is 0.582. The van der Waals surface area contributed by atoms with Gasteiger partial charge >= 0.3 is 0 Å². The molecule has 3 atom stereocenters. The summed E-state index contributed by atoms with van der Waals surface area (Å²) < 4.78 is 27.7. The van der Waals surface area contributed by atoms with E-state index in [0.29, 0.717) is 37.8 Å². The zero-order chi connectivity index (χ0) is 29.1. The predicted octanol–water partition coefficient (Wildman–Crippen LogP) is 3.14. The van der Waals surface area contributed by atoms with Crippen LogP contribution >= 0.6 is 11.8 Å². The second-order valence-corrected chi connectivity index (χ2v) is 10.3. The smallest absolute Gasteiger partial charge is 0.253 e. The fourth-order valence-electron chi connectivity index (χ4n) is 4.23. The number of amides is 3. The number of nitrogens with zero attached hydrogens (tertiary/aromatic N) is 1. The lowest BCUT2D eigenvalue weighted by Gasteiger charge is -2.28. The maximum absolute atomic E-state index is 13.8. The molecule has 3 unspecified atom stereocenters. The third kappa shape index (κ3) is 9.59. The van der Waals surface area contributed by atoms with Gasteiger partial charge in [-0.15, -0.1) is 0 Å². The van der Waals surface area contributed by atoms with Crippen molar-refractivity contribution in [3.8, 4) is 0 Å². The lowest BCUT2D eigenvalue weighted by atomic mass is 9.95. The Morgan fingerprint density at radius 2 is 1.51 bits per heavy atom. The van der Waals surface area contributed by atoms with Crippen LogP contribution in [0, 0.1) is 11.6 Å². The second-order valence-electron chi connectivity index (χ2n) is 9.36. The lowest BCUT2D eigenvalue weighted by molar-refractivity contribution is -0.00407. The Balaban J connectivity index is 2.44. The van der Waals surface area contributed by atoms with Gasteiger partial charge in [0.2, 0.25) is 5.91 Å². The molecule has 0 bridgehead atoms. The first-order valence-electron chi connectivity index (χ1n) is 12.9. The number of nitrogens with two attached hydrogens (primary N) is 1. The summed E-state index contributed by atoms with van der Waals surface area (Å²) in [7, 11) is 0. The third-order valence-electron chi connectivity index (χ3n) is 6.12. The minimum absolute atomic E-state index is 0.0525. The van der Waals surface area contributed by atoms with Crippen LogP contribution < -0.4 is 11.1 Å². The van der Waals surface area contributed by atoms with E-state index in [2.05, 4.69) is 5.32 Å². The Kier molecular flexibility index (Phi) is 12.8. The standard InChI is InChI=1S/C28H37F2N3O5S/c1-4-7-33(8-5-2)28(38)20-14-18(26(31)36)13-19(15-20)27(37)32-23(25(35)24(34)6-9-39-3)12-17-10-21(29)16-22(30)11-17/h10-11,13-16,23-25,34-35H,4-9,12H2,1-3H3,(H2,31,36)(H,32,37). The molecule has 0 saturated heterocycles. The molecule has 0 fully saturated rings. The van der Waals surface area contributed by atoms with Crippen molar-refractivity contribution in [2.75, 3.05) is 25.1 Å². The Morgan fingerprint density at radius 1 is 0.949 bits per heavy atom. The van der Waals surface area contributed by atoms with Crippen molar-refractivity contribution in [2.24, 2.45) is 5.73 Å². The highest BCUT2D eigenvalue weighted by molar-refractivity contribution is 7.98. The van der Waals surface area contributed by atoms with E-state index in [1.807, 2.05) is 20.1 Å². The quantitative estimate of drug-likeness (QED) is 0.262. The fourth-order valence-corrected chi connectivity index (χ4v) is 4.71. The fraction of sp³-hybridized carbons (Fsp3) is 0.464. The summed E-state index contributed by atoms with van der Waals surface area (Å²) in [6, 6.07) is 5.59. The van der Waals surface area contributed by atoms with Crippen LogP contribution in [-0.4, -0.2) is 76.2 Å². The van der Waals surface area contributed by atoms with E-state index in [1.165, 1.54) is 30.0 Å². The number of primary amides is 1. The summed E-state index contributed by atoms with van der Waals surface area (Å²) in [6.45, 7) is 4.83. The van der Waals surface area contributed by atoms with Crippen molar-refractivity contribution in [3.63, 3.8) is 0 Å². The van der Waals surface area contributed by atoms with Crippen molar-refractivity contribution >= 4 is 29.5 Å². The number of hydrogen-bond acceptors (Lipinski definition) is 6. The van der Waals surface area contributed by atoms with E-state index in [0.717, 1.165) is 12.1 Å². The number of aliphatic hydroxyl groups excluding tert-OH is 2. The van der Waals surface area contributed by atoms with Crippen LogP contribution in [-0.2, 0) is 6.42 Å². The molecule has 0 heterocycles. The molecule has 0 aliphatic heterocycles. The highest BCUT2D eigenvalue weighted by Crippen LogP contribution is 2.18. The summed E-state index contributed by atoms with van der Waals surface area (Å²) in [5, 5.41) is 24.0. The van der Waals surface area contributed by atoms with Gasteiger partial charge in [0, 0.05) is 35.8 Å². The molecule has 0 aliphatic carbocycles. The summed E-state index contributed by atoms with van der Waals surface area (Å²) in [5.74, 6) is -3.08. The molecule has 0 radical (unpaired) electrons. The van der Waals surface area contributed by atoms with Crippen LogP contribution in [0.15, 0.2) is 36.4 Å². The summed E-state index contributed by atoms with van der Waals surface area (Å²) in [5.41, 5.74) is 5.61.